The molecule has 0 saturated heterocycles. The van der Waals surface area contributed by atoms with Crippen LogP contribution in [0.5, 0.6) is 5.75 Å². The molecule has 0 unspecified atom stereocenters. The molecule has 0 fully saturated rings. The second-order valence-corrected chi connectivity index (χ2v) is 4.76. The number of carbonyl (C=O) groups is 1. The van der Waals surface area contributed by atoms with Crippen molar-refractivity contribution in [2.45, 2.75) is 13.8 Å². The third-order valence-electron chi connectivity index (χ3n) is 2.81. The van der Waals surface area contributed by atoms with E-state index in [0.717, 1.165) is 11.3 Å². The molecule has 3 nitrogen and oxygen atoms in total. The van der Waals surface area contributed by atoms with Crippen molar-refractivity contribution in [3.63, 3.8) is 0 Å². The van der Waals surface area contributed by atoms with Crippen LogP contribution in [0.1, 0.15) is 19.4 Å². The van der Waals surface area contributed by atoms with Crippen LogP contribution < -0.4 is 4.74 Å². The standard InChI is InChI=1S/C13H13ClO3/c1-13(2)11(14)10(17-12(13)15)8-4-6-9(16-3)7-5-8/h4-7H,1-3H3. The Morgan fingerprint density at radius 2 is 1.82 bits per heavy atom. The van der Waals surface area contributed by atoms with Crippen LogP contribution in [0, 0.1) is 5.41 Å². The van der Waals surface area contributed by atoms with E-state index in [1.807, 2.05) is 12.1 Å². The van der Waals surface area contributed by atoms with Gasteiger partial charge in [-0.05, 0) is 38.1 Å². The summed E-state index contributed by atoms with van der Waals surface area (Å²) in [6, 6.07) is 7.22. The SMILES string of the molecule is COc1ccc(C2=C(Cl)C(C)(C)C(=O)O2)cc1. The molecular weight excluding hydrogens is 240 g/mol. The van der Waals surface area contributed by atoms with E-state index in [4.69, 9.17) is 21.1 Å². The normalized spacial score (nSPS) is 18.2. The first kappa shape index (κ1) is 12.0. The lowest BCUT2D eigenvalue weighted by atomic mass is 9.93. The van der Waals surface area contributed by atoms with Gasteiger partial charge in [-0.2, -0.15) is 0 Å². The van der Waals surface area contributed by atoms with Gasteiger partial charge < -0.3 is 9.47 Å². The number of halogens is 1. The van der Waals surface area contributed by atoms with Gasteiger partial charge in [-0.3, -0.25) is 4.79 Å². The lowest BCUT2D eigenvalue weighted by Crippen LogP contribution is -2.19. The highest BCUT2D eigenvalue weighted by molar-refractivity contribution is 6.36. The van der Waals surface area contributed by atoms with E-state index >= 15 is 0 Å². The van der Waals surface area contributed by atoms with Gasteiger partial charge in [0.05, 0.1) is 12.1 Å². The second-order valence-electron chi connectivity index (χ2n) is 4.39. The fraction of sp³-hybridized carbons (Fsp3) is 0.308. The first-order chi connectivity index (χ1) is 7.96. The molecule has 4 heteroatoms. The molecular formula is C13H13ClO3. The summed E-state index contributed by atoms with van der Waals surface area (Å²) in [5.74, 6) is 0.853. The summed E-state index contributed by atoms with van der Waals surface area (Å²) in [7, 11) is 1.60. The average molecular weight is 253 g/mol. The van der Waals surface area contributed by atoms with Crippen LogP contribution >= 0.6 is 11.6 Å². The number of cyclic esters (lactones) is 1. The Hall–Kier alpha value is -1.48. The molecule has 1 aromatic carbocycles. The average Bonchev–Trinajstić information content (AvgIpc) is 2.53. The van der Waals surface area contributed by atoms with Crippen molar-refractivity contribution in [1.82, 2.24) is 0 Å². The topological polar surface area (TPSA) is 35.5 Å². The zero-order valence-corrected chi connectivity index (χ0v) is 10.7. The summed E-state index contributed by atoms with van der Waals surface area (Å²) in [4.78, 5) is 11.6. The van der Waals surface area contributed by atoms with Gasteiger partial charge in [0.2, 0.25) is 0 Å². The van der Waals surface area contributed by atoms with E-state index in [-0.39, 0.29) is 5.97 Å². The lowest BCUT2D eigenvalue weighted by molar-refractivity contribution is -0.141. The van der Waals surface area contributed by atoms with Crippen molar-refractivity contribution in [3.05, 3.63) is 34.9 Å². The molecule has 1 aromatic rings. The number of ether oxygens (including phenoxy) is 2. The number of hydrogen-bond acceptors (Lipinski definition) is 3. The van der Waals surface area contributed by atoms with Crippen molar-refractivity contribution in [2.24, 2.45) is 5.41 Å². The molecule has 0 bridgehead atoms. The minimum Gasteiger partial charge on any atom is -0.497 e. The first-order valence-electron chi connectivity index (χ1n) is 5.24. The van der Waals surface area contributed by atoms with Gasteiger partial charge in [0.25, 0.3) is 0 Å². The van der Waals surface area contributed by atoms with Crippen LogP contribution in [0.4, 0.5) is 0 Å². The molecule has 1 aliphatic rings. The second kappa shape index (κ2) is 4.08. The highest BCUT2D eigenvalue weighted by Crippen LogP contribution is 2.44. The van der Waals surface area contributed by atoms with Crippen LogP contribution in [0.2, 0.25) is 0 Å². The van der Waals surface area contributed by atoms with Gasteiger partial charge >= 0.3 is 5.97 Å². The van der Waals surface area contributed by atoms with E-state index in [1.165, 1.54) is 0 Å². The van der Waals surface area contributed by atoms with Gasteiger partial charge in [0.1, 0.15) is 11.2 Å². The van der Waals surface area contributed by atoms with Gasteiger partial charge in [0.15, 0.2) is 5.76 Å². The van der Waals surface area contributed by atoms with E-state index in [2.05, 4.69) is 0 Å². The zero-order chi connectivity index (χ0) is 12.6. The highest BCUT2D eigenvalue weighted by Gasteiger charge is 2.42. The van der Waals surface area contributed by atoms with Crippen LogP contribution in [0.3, 0.4) is 0 Å². The number of carbonyl (C=O) groups excluding carboxylic acids is 1. The van der Waals surface area contributed by atoms with Crippen molar-refractivity contribution in [2.75, 3.05) is 7.11 Å². The monoisotopic (exact) mass is 252 g/mol. The summed E-state index contributed by atoms with van der Waals surface area (Å²) in [6.45, 7) is 3.49. The molecule has 0 atom stereocenters. The third-order valence-corrected chi connectivity index (χ3v) is 3.45. The molecule has 17 heavy (non-hydrogen) atoms. The quantitative estimate of drug-likeness (QED) is 0.759. The lowest BCUT2D eigenvalue weighted by Gasteiger charge is -2.10. The van der Waals surface area contributed by atoms with E-state index in [9.17, 15) is 4.79 Å². The molecule has 0 aliphatic carbocycles. The number of hydrogen-bond donors (Lipinski definition) is 0. The van der Waals surface area contributed by atoms with E-state index < -0.39 is 5.41 Å². The first-order valence-corrected chi connectivity index (χ1v) is 5.61. The number of benzene rings is 1. The van der Waals surface area contributed by atoms with Gasteiger partial charge in [-0.15, -0.1) is 0 Å². The highest BCUT2D eigenvalue weighted by atomic mass is 35.5. The molecule has 1 aliphatic heterocycles. The Balaban J connectivity index is 2.41. The summed E-state index contributed by atoms with van der Waals surface area (Å²) in [6.07, 6.45) is 0. The summed E-state index contributed by atoms with van der Waals surface area (Å²) in [5, 5.41) is 0.438. The maximum absolute atomic E-state index is 11.6. The maximum atomic E-state index is 11.6. The predicted octanol–water partition coefficient (Wildman–Crippen LogP) is 3.19. The van der Waals surface area contributed by atoms with E-state index in [1.54, 1.807) is 33.1 Å². The Morgan fingerprint density at radius 3 is 2.24 bits per heavy atom. The van der Waals surface area contributed by atoms with Gasteiger partial charge in [-0.25, -0.2) is 0 Å². The maximum Gasteiger partial charge on any atom is 0.322 e. The Labute approximate surface area is 105 Å². The molecule has 0 radical (unpaired) electrons. The van der Waals surface area contributed by atoms with Crippen molar-refractivity contribution in [1.29, 1.82) is 0 Å². The van der Waals surface area contributed by atoms with Crippen molar-refractivity contribution < 1.29 is 14.3 Å². The largest absolute Gasteiger partial charge is 0.497 e. The van der Waals surface area contributed by atoms with Crippen LogP contribution in [0.25, 0.3) is 5.76 Å². The third kappa shape index (κ3) is 1.91. The summed E-state index contributed by atoms with van der Waals surface area (Å²) in [5.41, 5.74) is 0.00585. The fourth-order valence-electron chi connectivity index (χ4n) is 1.57. The molecule has 0 aromatic heterocycles. The zero-order valence-electron chi connectivity index (χ0n) is 9.91. The summed E-state index contributed by atoms with van der Waals surface area (Å²) < 4.78 is 10.3. The van der Waals surface area contributed by atoms with Gasteiger partial charge in [0, 0.05) is 5.56 Å². The number of methoxy groups -OCH3 is 1. The number of esters is 1. The minimum absolute atomic E-state index is 0.326. The molecule has 0 amide bonds. The fourth-order valence-corrected chi connectivity index (χ4v) is 1.79. The Bertz CT molecular complexity index is 486. The van der Waals surface area contributed by atoms with Gasteiger partial charge in [-0.1, -0.05) is 11.6 Å². The van der Waals surface area contributed by atoms with Crippen molar-refractivity contribution >= 4 is 23.3 Å². The van der Waals surface area contributed by atoms with Crippen LogP contribution in [0.15, 0.2) is 29.3 Å². The molecule has 0 saturated carbocycles. The van der Waals surface area contributed by atoms with Crippen molar-refractivity contribution in [3.8, 4) is 5.75 Å². The molecule has 90 valence electrons. The summed E-state index contributed by atoms with van der Waals surface area (Å²) >= 11 is 6.18. The molecule has 0 N–H and O–H groups in total. The smallest absolute Gasteiger partial charge is 0.322 e. The predicted molar refractivity (Wildman–Crippen MR) is 65.6 cm³/mol. The minimum atomic E-state index is -0.767. The molecule has 2 rings (SSSR count). The Morgan fingerprint density at radius 1 is 1.24 bits per heavy atom. The van der Waals surface area contributed by atoms with E-state index in [0.29, 0.717) is 10.8 Å². The van der Waals surface area contributed by atoms with Crippen LogP contribution in [-0.4, -0.2) is 13.1 Å². The molecule has 1 heterocycles. The van der Waals surface area contributed by atoms with Crippen LogP contribution in [-0.2, 0) is 9.53 Å². The Kier molecular flexibility index (Phi) is 2.87. The number of rotatable bonds is 2. The molecule has 0 spiro atoms.